The fourth-order valence-corrected chi connectivity index (χ4v) is 4.10. The van der Waals surface area contributed by atoms with Gasteiger partial charge < -0.3 is 5.32 Å². The minimum atomic E-state index is -0.394. The van der Waals surface area contributed by atoms with E-state index in [1.165, 1.54) is 23.9 Å². The van der Waals surface area contributed by atoms with E-state index in [9.17, 15) is 9.18 Å². The third-order valence-corrected chi connectivity index (χ3v) is 6.14. The highest BCUT2D eigenvalue weighted by Crippen LogP contribution is 2.29. The normalized spacial score (nSPS) is 11.8. The molecule has 162 valence electrons. The number of thioether (sulfide) groups is 1. The minimum absolute atomic E-state index is 0.109. The summed E-state index contributed by atoms with van der Waals surface area (Å²) in [5.41, 5.74) is 3.64. The van der Waals surface area contributed by atoms with Gasteiger partial charge in [-0.1, -0.05) is 60.3 Å². The number of anilines is 1. The number of aryl methyl sites for hydroxylation is 1. The first kappa shape index (κ1) is 21.8. The van der Waals surface area contributed by atoms with Crippen molar-refractivity contribution in [1.29, 1.82) is 0 Å². The zero-order valence-corrected chi connectivity index (χ0v) is 18.6. The van der Waals surface area contributed by atoms with Crippen LogP contribution >= 0.6 is 11.8 Å². The van der Waals surface area contributed by atoms with Crippen LogP contribution < -0.4 is 5.32 Å². The number of aromatic nitrogens is 3. The van der Waals surface area contributed by atoms with E-state index in [1.54, 1.807) is 12.1 Å². The monoisotopic (exact) mass is 446 g/mol. The number of nitrogens with one attached hydrogen (secondary N) is 1. The Morgan fingerprint density at radius 1 is 1.00 bits per heavy atom. The molecule has 1 amide bonds. The van der Waals surface area contributed by atoms with Crippen LogP contribution in [0.4, 0.5) is 10.1 Å². The lowest BCUT2D eigenvalue weighted by Crippen LogP contribution is -2.23. The highest BCUT2D eigenvalue weighted by Gasteiger charge is 2.21. The van der Waals surface area contributed by atoms with Gasteiger partial charge in [0.2, 0.25) is 5.91 Å². The third kappa shape index (κ3) is 5.06. The molecule has 1 atom stereocenters. The highest BCUT2D eigenvalue weighted by atomic mass is 32.2. The average molecular weight is 447 g/mol. The Morgan fingerprint density at radius 3 is 2.41 bits per heavy atom. The van der Waals surface area contributed by atoms with Crippen LogP contribution in [0.15, 0.2) is 84.0 Å². The van der Waals surface area contributed by atoms with Gasteiger partial charge in [-0.3, -0.25) is 9.36 Å². The molecule has 1 heterocycles. The molecule has 0 saturated carbocycles. The molecule has 0 aliphatic carbocycles. The van der Waals surface area contributed by atoms with Crippen LogP contribution in [-0.4, -0.2) is 25.9 Å². The molecule has 1 N–H and O–H groups in total. The Hall–Kier alpha value is -3.45. The molecule has 4 rings (SSSR count). The van der Waals surface area contributed by atoms with Crippen molar-refractivity contribution in [2.24, 2.45) is 0 Å². The van der Waals surface area contributed by atoms with E-state index in [2.05, 4.69) is 15.5 Å². The fraction of sp³-hybridized carbons (Fsp3) is 0.160. The van der Waals surface area contributed by atoms with Gasteiger partial charge in [-0.25, -0.2) is 4.39 Å². The van der Waals surface area contributed by atoms with E-state index in [0.29, 0.717) is 17.5 Å². The predicted molar refractivity (Wildman–Crippen MR) is 126 cm³/mol. The van der Waals surface area contributed by atoms with Crippen molar-refractivity contribution >= 4 is 23.4 Å². The summed E-state index contributed by atoms with van der Waals surface area (Å²) in [5.74, 6) is 0.212. The summed E-state index contributed by atoms with van der Waals surface area (Å²) in [6.45, 7) is 4.34. The molecule has 0 radical (unpaired) electrons. The van der Waals surface area contributed by atoms with Gasteiger partial charge in [0.15, 0.2) is 11.0 Å². The third-order valence-electron chi connectivity index (χ3n) is 5.06. The number of hydrogen-bond donors (Lipinski definition) is 1. The van der Waals surface area contributed by atoms with Crippen molar-refractivity contribution in [3.8, 4) is 11.4 Å². The minimum Gasteiger partial charge on any atom is -0.325 e. The molecular weight excluding hydrogens is 423 g/mol. The second kappa shape index (κ2) is 9.78. The van der Waals surface area contributed by atoms with Gasteiger partial charge in [0, 0.05) is 11.3 Å². The van der Waals surface area contributed by atoms with Gasteiger partial charge in [-0.05, 0) is 55.3 Å². The number of halogens is 1. The first-order valence-electron chi connectivity index (χ1n) is 10.3. The largest absolute Gasteiger partial charge is 0.325 e. The molecule has 0 spiro atoms. The number of carbonyl (C=O) groups excluding carboxylic acids is 1. The zero-order chi connectivity index (χ0) is 22.5. The Balaban J connectivity index is 1.60. The van der Waals surface area contributed by atoms with Crippen molar-refractivity contribution in [1.82, 2.24) is 14.8 Å². The van der Waals surface area contributed by atoms with Gasteiger partial charge in [-0.15, -0.1) is 10.2 Å². The van der Waals surface area contributed by atoms with Crippen LogP contribution in [0.25, 0.3) is 11.4 Å². The molecule has 0 bridgehead atoms. The maximum atomic E-state index is 13.4. The average Bonchev–Trinajstić information content (AvgIpc) is 3.18. The topological polar surface area (TPSA) is 59.8 Å². The highest BCUT2D eigenvalue weighted by molar-refractivity contribution is 8.00. The van der Waals surface area contributed by atoms with Crippen LogP contribution in [0.2, 0.25) is 0 Å². The summed E-state index contributed by atoms with van der Waals surface area (Å²) in [5, 5.41) is 11.9. The molecule has 0 saturated heterocycles. The first-order chi connectivity index (χ1) is 15.5. The molecule has 3 aromatic carbocycles. The Labute approximate surface area is 190 Å². The van der Waals surface area contributed by atoms with Crippen molar-refractivity contribution in [3.05, 3.63) is 95.8 Å². The number of para-hydroxylation sites is 1. The summed E-state index contributed by atoms with van der Waals surface area (Å²) in [6, 6.07) is 23.8. The van der Waals surface area contributed by atoms with Crippen LogP contribution in [-0.2, 0) is 11.3 Å². The molecule has 0 fully saturated rings. The molecule has 5 nitrogen and oxygen atoms in total. The summed E-state index contributed by atoms with van der Waals surface area (Å²) in [7, 11) is 0. The number of carbonyl (C=O) groups is 1. The van der Waals surface area contributed by atoms with Crippen LogP contribution in [0.1, 0.15) is 18.1 Å². The second-order valence-electron chi connectivity index (χ2n) is 7.45. The first-order valence-corrected chi connectivity index (χ1v) is 11.2. The van der Waals surface area contributed by atoms with Gasteiger partial charge >= 0.3 is 0 Å². The lowest BCUT2D eigenvalue weighted by atomic mass is 10.2. The summed E-state index contributed by atoms with van der Waals surface area (Å²) >= 11 is 1.34. The summed E-state index contributed by atoms with van der Waals surface area (Å²) in [6.07, 6.45) is 0. The van der Waals surface area contributed by atoms with E-state index in [-0.39, 0.29) is 11.7 Å². The van der Waals surface area contributed by atoms with E-state index in [4.69, 9.17) is 0 Å². The quantitative estimate of drug-likeness (QED) is 0.378. The zero-order valence-electron chi connectivity index (χ0n) is 17.8. The molecule has 7 heteroatoms. The molecule has 0 aliphatic rings. The van der Waals surface area contributed by atoms with E-state index in [0.717, 1.165) is 22.4 Å². The van der Waals surface area contributed by atoms with E-state index < -0.39 is 5.25 Å². The standard InChI is InChI=1S/C25H23FN4OS/c1-17-8-6-7-11-22(17)27-24(31)18(2)32-25-29-28-23(20-12-14-21(26)15-13-20)30(25)16-19-9-4-3-5-10-19/h3-15,18H,16H2,1-2H3,(H,27,31). The molecular formula is C25H23FN4OS. The maximum absolute atomic E-state index is 13.4. The van der Waals surface area contributed by atoms with Crippen molar-refractivity contribution in [2.75, 3.05) is 5.32 Å². The molecule has 1 unspecified atom stereocenters. The van der Waals surface area contributed by atoms with Gasteiger partial charge in [0.1, 0.15) is 5.82 Å². The fourth-order valence-electron chi connectivity index (χ4n) is 3.26. The second-order valence-corrected chi connectivity index (χ2v) is 8.76. The van der Waals surface area contributed by atoms with Gasteiger partial charge in [0.25, 0.3) is 0 Å². The Kier molecular flexibility index (Phi) is 6.66. The molecule has 0 aliphatic heterocycles. The van der Waals surface area contributed by atoms with Crippen LogP contribution in [0.5, 0.6) is 0 Å². The maximum Gasteiger partial charge on any atom is 0.237 e. The summed E-state index contributed by atoms with van der Waals surface area (Å²) in [4.78, 5) is 12.8. The summed E-state index contributed by atoms with van der Waals surface area (Å²) < 4.78 is 15.4. The molecule has 32 heavy (non-hydrogen) atoms. The predicted octanol–water partition coefficient (Wildman–Crippen LogP) is 5.56. The van der Waals surface area contributed by atoms with E-state index in [1.807, 2.05) is 73.0 Å². The van der Waals surface area contributed by atoms with E-state index >= 15 is 0 Å². The van der Waals surface area contributed by atoms with Crippen LogP contribution in [0, 0.1) is 12.7 Å². The Bertz CT molecular complexity index is 1210. The number of hydrogen-bond acceptors (Lipinski definition) is 4. The van der Waals surface area contributed by atoms with Crippen molar-refractivity contribution in [2.45, 2.75) is 30.8 Å². The lowest BCUT2D eigenvalue weighted by molar-refractivity contribution is -0.115. The SMILES string of the molecule is Cc1ccccc1NC(=O)C(C)Sc1nnc(-c2ccc(F)cc2)n1Cc1ccccc1. The number of nitrogens with zero attached hydrogens (tertiary/aromatic N) is 3. The number of amides is 1. The molecule has 4 aromatic rings. The smallest absolute Gasteiger partial charge is 0.237 e. The van der Waals surface area contributed by atoms with Gasteiger partial charge in [0.05, 0.1) is 11.8 Å². The number of rotatable bonds is 7. The van der Waals surface area contributed by atoms with Gasteiger partial charge in [-0.2, -0.15) is 0 Å². The number of benzene rings is 3. The van der Waals surface area contributed by atoms with Crippen molar-refractivity contribution in [3.63, 3.8) is 0 Å². The van der Waals surface area contributed by atoms with Crippen molar-refractivity contribution < 1.29 is 9.18 Å². The molecule has 1 aromatic heterocycles. The van der Waals surface area contributed by atoms with Crippen LogP contribution in [0.3, 0.4) is 0 Å². The lowest BCUT2D eigenvalue weighted by Gasteiger charge is -2.15. The Morgan fingerprint density at radius 2 is 1.69 bits per heavy atom.